The second-order valence-corrected chi connectivity index (χ2v) is 8.39. The Morgan fingerprint density at radius 2 is 2.07 bits per heavy atom. The molecule has 2 aliphatic rings. The maximum absolute atomic E-state index is 13.2. The van der Waals surface area contributed by atoms with Crippen LogP contribution in [0.15, 0.2) is 18.2 Å². The minimum atomic E-state index is -0.143. The Bertz CT molecular complexity index is 735. The van der Waals surface area contributed by atoms with Crippen LogP contribution in [-0.2, 0) is 9.53 Å². The largest absolute Gasteiger partial charge is 0.491 e. The van der Waals surface area contributed by atoms with Crippen molar-refractivity contribution >= 4 is 17.5 Å². The predicted octanol–water partition coefficient (Wildman–Crippen LogP) is 2.52. The molecule has 0 saturated heterocycles. The normalized spacial score (nSPS) is 26.4. The molecular formula is C22H33N3O4. The maximum Gasteiger partial charge on any atom is 0.257 e. The van der Waals surface area contributed by atoms with Gasteiger partial charge in [0, 0.05) is 44.9 Å². The molecule has 0 bridgehead atoms. The van der Waals surface area contributed by atoms with E-state index in [4.69, 9.17) is 9.47 Å². The van der Waals surface area contributed by atoms with Gasteiger partial charge >= 0.3 is 0 Å². The summed E-state index contributed by atoms with van der Waals surface area (Å²) in [5.74, 6) is 0.734. The van der Waals surface area contributed by atoms with Crippen molar-refractivity contribution in [2.75, 3.05) is 39.2 Å². The third-order valence-corrected chi connectivity index (χ3v) is 5.97. The van der Waals surface area contributed by atoms with Crippen molar-refractivity contribution in [1.29, 1.82) is 0 Å². The molecule has 2 amide bonds. The summed E-state index contributed by atoms with van der Waals surface area (Å²) in [6, 6.07) is 5.42. The summed E-state index contributed by atoms with van der Waals surface area (Å²) >= 11 is 0. The van der Waals surface area contributed by atoms with Crippen LogP contribution in [-0.4, -0.2) is 62.7 Å². The molecule has 2 N–H and O–H groups in total. The van der Waals surface area contributed by atoms with Gasteiger partial charge in [0.15, 0.2) is 0 Å². The van der Waals surface area contributed by atoms with E-state index in [0.29, 0.717) is 30.2 Å². The van der Waals surface area contributed by atoms with Crippen molar-refractivity contribution in [3.8, 4) is 5.75 Å². The lowest BCUT2D eigenvalue weighted by molar-refractivity contribution is -0.122. The number of anilines is 1. The highest BCUT2D eigenvalue weighted by atomic mass is 16.5. The zero-order valence-corrected chi connectivity index (χ0v) is 17.9. The summed E-state index contributed by atoms with van der Waals surface area (Å²) in [7, 11) is 3.45. The molecule has 3 atom stereocenters. The summed E-state index contributed by atoms with van der Waals surface area (Å²) in [4.78, 5) is 27.2. The molecule has 1 aromatic carbocycles. The fraction of sp³-hybridized carbons (Fsp3) is 0.636. The van der Waals surface area contributed by atoms with Crippen LogP contribution >= 0.6 is 0 Å². The van der Waals surface area contributed by atoms with E-state index in [1.807, 2.05) is 0 Å². The van der Waals surface area contributed by atoms with E-state index in [1.165, 1.54) is 0 Å². The lowest BCUT2D eigenvalue weighted by Crippen LogP contribution is -2.44. The van der Waals surface area contributed by atoms with E-state index in [0.717, 1.165) is 25.8 Å². The molecule has 1 heterocycles. The Morgan fingerprint density at radius 3 is 2.72 bits per heavy atom. The molecule has 0 unspecified atom stereocenters. The standard InChI is InChI=1S/C22H33N3O4/c1-14-11-23-15(2)13-29-19-9-8-17(24-21(26)16-6-5-7-16)10-18(19)22(27)25(3)12-20(14)28-4/h8-10,14-16,20,23H,5-7,11-13H2,1-4H3,(H,24,26)/t14-,15-,20+/m1/s1. The highest BCUT2D eigenvalue weighted by molar-refractivity contribution is 5.99. The zero-order valence-electron chi connectivity index (χ0n) is 17.9. The van der Waals surface area contributed by atoms with Gasteiger partial charge in [-0.05, 0) is 43.9 Å². The van der Waals surface area contributed by atoms with Crippen molar-refractivity contribution < 1.29 is 19.1 Å². The Labute approximate surface area is 173 Å². The average molecular weight is 404 g/mol. The van der Waals surface area contributed by atoms with Crippen LogP contribution in [0.1, 0.15) is 43.5 Å². The van der Waals surface area contributed by atoms with E-state index >= 15 is 0 Å². The van der Waals surface area contributed by atoms with Gasteiger partial charge in [0.2, 0.25) is 5.91 Å². The first-order chi connectivity index (χ1) is 13.9. The predicted molar refractivity (Wildman–Crippen MR) is 112 cm³/mol. The number of carbonyl (C=O) groups excluding carboxylic acids is 2. The number of methoxy groups -OCH3 is 1. The molecule has 1 aliphatic heterocycles. The molecule has 7 heteroatoms. The third kappa shape index (κ3) is 5.28. The van der Waals surface area contributed by atoms with Gasteiger partial charge < -0.3 is 25.0 Å². The van der Waals surface area contributed by atoms with E-state index in [1.54, 1.807) is 37.3 Å². The van der Waals surface area contributed by atoms with Crippen molar-refractivity contribution in [2.45, 2.75) is 45.3 Å². The zero-order chi connectivity index (χ0) is 21.0. The van der Waals surface area contributed by atoms with Crippen molar-refractivity contribution in [1.82, 2.24) is 10.2 Å². The minimum absolute atomic E-state index is 0.0252. The second kappa shape index (κ2) is 9.59. The van der Waals surface area contributed by atoms with Gasteiger partial charge in [-0.3, -0.25) is 9.59 Å². The summed E-state index contributed by atoms with van der Waals surface area (Å²) in [5, 5.41) is 6.42. The first-order valence-electron chi connectivity index (χ1n) is 10.5. The molecule has 29 heavy (non-hydrogen) atoms. The molecule has 0 spiro atoms. The molecule has 3 rings (SSSR count). The van der Waals surface area contributed by atoms with Crippen molar-refractivity contribution in [3.63, 3.8) is 0 Å². The van der Waals surface area contributed by atoms with E-state index < -0.39 is 0 Å². The SMILES string of the molecule is CO[C@H]1CN(C)C(=O)c2cc(NC(=O)C3CCC3)ccc2OC[C@@H](C)NC[C@H]1C. The number of likely N-dealkylation sites (N-methyl/N-ethyl adjacent to an activating group) is 1. The Morgan fingerprint density at radius 1 is 1.31 bits per heavy atom. The first kappa shape index (κ1) is 21.6. The van der Waals surface area contributed by atoms with Crippen molar-refractivity contribution in [2.24, 2.45) is 11.8 Å². The van der Waals surface area contributed by atoms with Gasteiger partial charge in [-0.25, -0.2) is 0 Å². The lowest BCUT2D eigenvalue weighted by atomic mass is 9.85. The van der Waals surface area contributed by atoms with Gasteiger partial charge in [-0.1, -0.05) is 13.3 Å². The van der Waals surface area contributed by atoms with Gasteiger partial charge in [0.05, 0.1) is 11.7 Å². The van der Waals surface area contributed by atoms with Crippen LogP contribution in [0, 0.1) is 11.8 Å². The number of amides is 2. The number of hydrogen-bond donors (Lipinski definition) is 2. The number of nitrogens with one attached hydrogen (secondary N) is 2. The number of ether oxygens (including phenoxy) is 2. The summed E-state index contributed by atoms with van der Waals surface area (Å²) in [6.07, 6.45) is 2.89. The van der Waals surface area contributed by atoms with Crippen LogP contribution < -0.4 is 15.4 Å². The number of carbonyl (C=O) groups is 2. The number of nitrogens with zero attached hydrogens (tertiary/aromatic N) is 1. The van der Waals surface area contributed by atoms with Gasteiger partial charge in [-0.2, -0.15) is 0 Å². The summed E-state index contributed by atoms with van der Waals surface area (Å²) in [5.41, 5.74) is 1.08. The molecule has 0 radical (unpaired) electrons. The van der Waals surface area contributed by atoms with Crippen LogP contribution in [0.4, 0.5) is 5.69 Å². The Balaban J connectivity index is 1.85. The molecule has 1 fully saturated rings. The van der Waals surface area contributed by atoms with Gasteiger partial charge in [0.25, 0.3) is 5.91 Å². The first-order valence-corrected chi connectivity index (χ1v) is 10.5. The number of rotatable bonds is 3. The minimum Gasteiger partial charge on any atom is -0.491 e. The molecule has 1 aromatic rings. The highest BCUT2D eigenvalue weighted by Crippen LogP contribution is 2.29. The summed E-state index contributed by atoms with van der Waals surface area (Å²) < 4.78 is 11.6. The van der Waals surface area contributed by atoms with E-state index in [-0.39, 0.29) is 35.8 Å². The topological polar surface area (TPSA) is 79.9 Å². The molecular weight excluding hydrogens is 370 g/mol. The fourth-order valence-electron chi connectivity index (χ4n) is 3.65. The van der Waals surface area contributed by atoms with E-state index in [9.17, 15) is 9.59 Å². The quantitative estimate of drug-likeness (QED) is 0.811. The lowest BCUT2D eigenvalue weighted by Gasteiger charge is -2.30. The Kier molecular flexibility index (Phi) is 7.14. The average Bonchev–Trinajstić information content (AvgIpc) is 2.66. The monoisotopic (exact) mass is 403 g/mol. The molecule has 1 saturated carbocycles. The van der Waals surface area contributed by atoms with E-state index in [2.05, 4.69) is 24.5 Å². The van der Waals surface area contributed by atoms with Crippen LogP contribution in [0.3, 0.4) is 0 Å². The van der Waals surface area contributed by atoms with Crippen LogP contribution in [0.2, 0.25) is 0 Å². The second-order valence-electron chi connectivity index (χ2n) is 8.39. The highest BCUT2D eigenvalue weighted by Gasteiger charge is 2.27. The number of hydrogen-bond acceptors (Lipinski definition) is 5. The molecule has 160 valence electrons. The fourth-order valence-corrected chi connectivity index (χ4v) is 3.65. The summed E-state index contributed by atoms with van der Waals surface area (Å²) in [6.45, 7) is 5.87. The number of benzene rings is 1. The van der Waals surface area contributed by atoms with Crippen LogP contribution in [0.25, 0.3) is 0 Å². The molecule has 0 aromatic heterocycles. The maximum atomic E-state index is 13.2. The van der Waals surface area contributed by atoms with Crippen molar-refractivity contribution in [3.05, 3.63) is 23.8 Å². The number of fused-ring (bicyclic) bond motifs is 1. The smallest absolute Gasteiger partial charge is 0.257 e. The Hall–Kier alpha value is -2.12. The van der Waals surface area contributed by atoms with Gasteiger partial charge in [-0.15, -0.1) is 0 Å². The molecule has 7 nitrogen and oxygen atoms in total. The van der Waals surface area contributed by atoms with Crippen LogP contribution in [0.5, 0.6) is 5.75 Å². The van der Waals surface area contributed by atoms with Gasteiger partial charge in [0.1, 0.15) is 12.4 Å². The third-order valence-electron chi connectivity index (χ3n) is 5.97. The molecule has 1 aliphatic carbocycles.